The Bertz CT molecular complexity index is 352. The van der Waals surface area contributed by atoms with Gasteiger partial charge in [-0.3, -0.25) is 14.4 Å². The maximum atomic E-state index is 11.8. The molecule has 0 amide bonds. The average molecular weight is 310 g/mol. The van der Waals surface area contributed by atoms with Gasteiger partial charge in [-0.05, 0) is 25.7 Å². The molecule has 0 aromatic rings. The molecule has 0 radical (unpaired) electrons. The number of rotatable bonds is 9. The molecular weight excluding hydrogens is 280 g/mol. The van der Waals surface area contributed by atoms with Crippen LogP contribution >= 0.6 is 0 Å². The van der Waals surface area contributed by atoms with Gasteiger partial charge in [0.15, 0.2) is 12.1 Å². The van der Waals surface area contributed by atoms with Crippen LogP contribution in [0.2, 0.25) is 0 Å². The van der Waals surface area contributed by atoms with Gasteiger partial charge < -0.3 is 5.11 Å². The Morgan fingerprint density at radius 1 is 0.864 bits per heavy atom. The zero-order valence-electron chi connectivity index (χ0n) is 13.6. The molecule has 4 heteroatoms. The normalized spacial score (nSPS) is 18.7. The van der Waals surface area contributed by atoms with Crippen LogP contribution in [-0.4, -0.2) is 23.1 Å². The minimum atomic E-state index is -0.620. The van der Waals surface area contributed by atoms with E-state index in [2.05, 4.69) is 0 Å². The lowest BCUT2D eigenvalue weighted by molar-refractivity contribution is -0.150. The first kappa shape index (κ1) is 18.9. The molecule has 0 spiro atoms. The molecule has 0 aliphatic heterocycles. The highest BCUT2D eigenvalue weighted by Gasteiger charge is 2.36. The van der Waals surface area contributed by atoms with Crippen LogP contribution in [0.3, 0.4) is 0 Å². The molecule has 1 fully saturated rings. The molecular formula is C18H30O4. The Kier molecular flexibility index (Phi) is 9.02. The van der Waals surface area contributed by atoms with E-state index in [0.717, 1.165) is 70.6 Å². The van der Waals surface area contributed by atoms with Crippen LogP contribution in [0.1, 0.15) is 89.9 Å². The van der Waals surface area contributed by atoms with E-state index in [-0.39, 0.29) is 5.78 Å². The lowest BCUT2D eigenvalue weighted by Crippen LogP contribution is -2.31. The second-order valence-electron chi connectivity index (χ2n) is 6.71. The molecule has 1 rings (SSSR count). The van der Waals surface area contributed by atoms with Gasteiger partial charge in [-0.1, -0.05) is 57.8 Å². The summed E-state index contributed by atoms with van der Waals surface area (Å²) in [6, 6.07) is 0. The van der Waals surface area contributed by atoms with E-state index in [1.165, 1.54) is 12.8 Å². The topological polar surface area (TPSA) is 71.4 Å². The van der Waals surface area contributed by atoms with Crippen molar-refractivity contribution in [2.75, 3.05) is 0 Å². The Balaban J connectivity index is 2.36. The number of ketones is 1. The van der Waals surface area contributed by atoms with Crippen LogP contribution in [-0.2, 0) is 14.4 Å². The van der Waals surface area contributed by atoms with E-state index in [9.17, 15) is 19.5 Å². The summed E-state index contributed by atoms with van der Waals surface area (Å²) >= 11 is 0. The van der Waals surface area contributed by atoms with Crippen LogP contribution in [0.15, 0.2) is 0 Å². The number of unbranched alkanes of at least 4 members (excludes halogenated alkanes) is 3. The molecule has 0 aromatic carbocycles. The third-order valence-corrected chi connectivity index (χ3v) is 4.97. The third kappa shape index (κ3) is 6.71. The van der Waals surface area contributed by atoms with Gasteiger partial charge in [0.25, 0.3) is 0 Å². The van der Waals surface area contributed by atoms with Gasteiger partial charge in [-0.2, -0.15) is 0 Å². The van der Waals surface area contributed by atoms with Gasteiger partial charge in [0.05, 0.1) is 5.41 Å². The first-order valence-corrected chi connectivity index (χ1v) is 8.82. The fraction of sp³-hybridized carbons (Fsp3) is 0.833. The number of Topliss-reactive ketones (excluding diaryl/α,β-unsaturated/α-hetero) is 1. The minimum Gasteiger partial charge on any atom is -0.481 e. The largest absolute Gasteiger partial charge is 0.481 e. The van der Waals surface area contributed by atoms with E-state index in [1.807, 2.05) is 0 Å². The number of aliphatic carboxylic acids is 1. The Morgan fingerprint density at radius 3 is 1.95 bits per heavy atom. The second kappa shape index (κ2) is 10.5. The summed E-state index contributed by atoms with van der Waals surface area (Å²) in [4.78, 5) is 32.9. The maximum absolute atomic E-state index is 11.8. The van der Waals surface area contributed by atoms with Gasteiger partial charge in [0.2, 0.25) is 0 Å². The van der Waals surface area contributed by atoms with Gasteiger partial charge >= 0.3 is 5.97 Å². The molecule has 22 heavy (non-hydrogen) atoms. The lowest BCUT2D eigenvalue weighted by atomic mass is 9.74. The zero-order chi connectivity index (χ0) is 16.3. The van der Waals surface area contributed by atoms with Gasteiger partial charge in [0.1, 0.15) is 0 Å². The minimum absolute atomic E-state index is 0.327. The molecule has 0 aromatic heterocycles. The van der Waals surface area contributed by atoms with Crippen molar-refractivity contribution in [3.05, 3.63) is 0 Å². The summed E-state index contributed by atoms with van der Waals surface area (Å²) in [5, 5.41) is 9.72. The first-order valence-electron chi connectivity index (χ1n) is 8.82. The summed E-state index contributed by atoms with van der Waals surface area (Å²) in [5.74, 6) is -0.955. The number of aldehydes is 1. The number of hydrogen-bond acceptors (Lipinski definition) is 3. The van der Waals surface area contributed by atoms with Crippen molar-refractivity contribution in [3.63, 3.8) is 0 Å². The molecule has 1 aliphatic rings. The fourth-order valence-corrected chi connectivity index (χ4v) is 3.50. The molecule has 0 saturated heterocycles. The van der Waals surface area contributed by atoms with Gasteiger partial charge in [-0.25, -0.2) is 0 Å². The van der Waals surface area contributed by atoms with Crippen molar-refractivity contribution in [2.45, 2.75) is 89.9 Å². The smallest absolute Gasteiger partial charge is 0.309 e. The number of carboxylic acid groups (broad SMARTS) is 1. The van der Waals surface area contributed by atoms with Crippen molar-refractivity contribution in [1.82, 2.24) is 0 Å². The zero-order valence-corrected chi connectivity index (χ0v) is 13.6. The Morgan fingerprint density at radius 2 is 1.41 bits per heavy atom. The van der Waals surface area contributed by atoms with Crippen LogP contribution in [0.4, 0.5) is 0 Å². The molecule has 1 N–H and O–H groups in total. The van der Waals surface area contributed by atoms with Crippen molar-refractivity contribution >= 4 is 18.0 Å². The highest BCUT2D eigenvalue weighted by atomic mass is 16.4. The van der Waals surface area contributed by atoms with Crippen LogP contribution in [0.25, 0.3) is 0 Å². The van der Waals surface area contributed by atoms with Crippen LogP contribution < -0.4 is 0 Å². The van der Waals surface area contributed by atoms with E-state index < -0.39 is 11.4 Å². The molecule has 0 atom stereocenters. The number of carbonyl (C=O) groups excluding carboxylic acids is 2. The average Bonchev–Trinajstić information content (AvgIpc) is 2.63. The highest BCUT2D eigenvalue weighted by Crippen LogP contribution is 2.38. The van der Waals surface area contributed by atoms with Crippen molar-refractivity contribution in [1.29, 1.82) is 0 Å². The molecule has 0 unspecified atom stereocenters. The Hall–Kier alpha value is -1.19. The quantitative estimate of drug-likeness (QED) is 0.391. The van der Waals surface area contributed by atoms with Gasteiger partial charge in [0, 0.05) is 6.42 Å². The standard InChI is InChI=1S/C18H30O4/c19-15-16(20)11-7-3-6-10-14-18(17(21)22)12-8-4-1-2-5-9-13-18/h15H,1-14H2,(H,21,22). The van der Waals surface area contributed by atoms with Crippen molar-refractivity contribution in [3.8, 4) is 0 Å². The summed E-state index contributed by atoms with van der Waals surface area (Å²) in [7, 11) is 0. The highest BCUT2D eigenvalue weighted by molar-refractivity contribution is 6.24. The van der Waals surface area contributed by atoms with Crippen LogP contribution in [0, 0.1) is 5.41 Å². The lowest BCUT2D eigenvalue weighted by Gasteiger charge is -2.29. The van der Waals surface area contributed by atoms with E-state index in [4.69, 9.17) is 0 Å². The molecule has 1 aliphatic carbocycles. The number of hydrogen-bond donors (Lipinski definition) is 1. The number of carbonyl (C=O) groups is 3. The first-order chi connectivity index (χ1) is 10.6. The summed E-state index contributed by atoms with van der Waals surface area (Å²) < 4.78 is 0. The Labute approximate surface area is 133 Å². The third-order valence-electron chi connectivity index (χ3n) is 4.97. The second-order valence-corrected chi connectivity index (χ2v) is 6.71. The fourth-order valence-electron chi connectivity index (χ4n) is 3.50. The summed E-state index contributed by atoms with van der Waals surface area (Å²) in [6.45, 7) is 0. The molecule has 126 valence electrons. The summed E-state index contributed by atoms with van der Waals surface area (Å²) in [5.41, 5.74) is -0.525. The van der Waals surface area contributed by atoms with Gasteiger partial charge in [-0.15, -0.1) is 0 Å². The molecule has 0 bridgehead atoms. The molecule has 1 saturated carbocycles. The summed E-state index contributed by atoms with van der Waals surface area (Å²) in [6.07, 6.45) is 13.4. The van der Waals surface area contributed by atoms with E-state index in [0.29, 0.717) is 12.7 Å². The van der Waals surface area contributed by atoms with E-state index >= 15 is 0 Å². The monoisotopic (exact) mass is 310 g/mol. The van der Waals surface area contributed by atoms with Crippen molar-refractivity contribution in [2.24, 2.45) is 5.41 Å². The molecule has 0 heterocycles. The predicted molar refractivity (Wildman–Crippen MR) is 85.8 cm³/mol. The van der Waals surface area contributed by atoms with Crippen LogP contribution in [0.5, 0.6) is 0 Å². The maximum Gasteiger partial charge on any atom is 0.309 e. The molecule has 4 nitrogen and oxygen atoms in total. The SMILES string of the molecule is O=CC(=O)CCCCCCC1(C(=O)O)CCCCCCCC1. The van der Waals surface area contributed by atoms with E-state index in [1.54, 1.807) is 0 Å². The predicted octanol–water partition coefficient (Wildman–Crippen LogP) is 4.30. The number of carboxylic acids is 1. The van der Waals surface area contributed by atoms with Crippen molar-refractivity contribution < 1.29 is 19.5 Å².